The minimum atomic E-state index is -0.310. The Balaban J connectivity index is 1.68. The number of hydrogen-bond acceptors (Lipinski definition) is 5. The van der Waals surface area contributed by atoms with Gasteiger partial charge in [0.15, 0.2) is 23.0 Å². The lowest BCUT2D eigenvalue weighted by Gasteiger charge is -2.57. The van der Waals surface area contributed by atoms with E-state index in [0.717, 1.165) is 28.2 Å². The molecule has 3 atom stereocenters. The van der Waals surface area contributed by atoms with Crippen LogP contribution >= 0.6 is 0 Å². The van der Waals surface area contributed by atoms with Crippen LogP contribution < -0.4 is 18.9 Å². The van der Waals surface area contributed by atoms with Crippen molar-refractivity contribution < 1.29 is 23.6 Å². The molecule has 0 amide bonds. The van der Waals surface area contributed by atoms with Crippen LogP contribution in [0.25, 0.3) is 0 Å². The van der Waals surface area contributed by atoms with Crippen molar-refractivity contribution >= 4 is 0 Å². The van der Waals surface area contributed by atoms with Crippen molar-refractivity contribution in [3.8, 4) is 23.0 Å². The fraction of sp³-hybridized carbons (Fsp3) is 0.400. The molecule has 0 radical (unpaired) electrons. The molecule has 3 heterocycles. The first-order valence-electron chi connectivity index (χ1n) is 8.77. The number of rotatable bonds is 2. The molecule has 2 bridgehead atoms. The summed E-state index contributed by atoms with van der Waals surface area (Å²) in [7, 11) is 5.04. The fourth-order valence-corrected chi connectivity index (χ4v) is 4.68. The molecule has 136 valence electrons. The summed E-state index contributed by atoms with van der Waals surface area (Å²) in [4.78, 5) is 0. The van der Waals surface area contributed by atoms with Gasteiger partial charge in [-0.3, -0.25) is 0 Å². The van der Waals surface area contributed by atoms with E-state index in [2.05, 4.69) is 0 Å². The van der Waals surface area contributed by atoms with Crippen LogP contribution in [0, 0.1) is 5.21 Å². The van der Waals surface area contributed by atoms with E-state index in [-0.39, 0.29) is 23.5 Å². The SMILES string of the molecule is COc1cc2c(cc1OC)[C@H]1Cc3cc4c(cc3[C@@H](C2)[N@@+]1(C)[O-])OCO4. The highest BCUT2D eigenvalue weighted by Crippen LogP contribution is 2.54. The van der Waals surface area contributed by atoms with Gasteiger partial charge < -0.3 is 28.8 Å². The van der Waals surface area contributed by atoms with E-state index in [1.807, 2.05) is 24.3 Å². The van der Waals surface area contributed by atoms with Crippen molar-refractivity contribution in [1.29, 1.82) is 0 Å². The molecule has 0 saturated carbocycles. The summed E-state index contributed by atoms with van der Waals surface area (Å²) in [5.41, 5.74) is 4.46. The van der Waals surface area contributed by atoms with Crippen molar-refractivity contribution in [2.45, 2.75) is 24.9 Å². The number of nitrogens with zero attached hydrogens (tertiary/aromatic N) is 1. The van der Waals surface area contributed by atoms with Gasteiger partial charge in [-0.15, -0.1) is 0 Å². The van der Waals surface area contributed by atoms with Crippen molar-refractivity contribution in [2.24, 2.45) is 0 Å². The Labute approximate surface area is 152 Å². The number of likely N-dealkylation sites (N-methyl/N-ethyl adjacent to an activating group) is 1. The lowest BCUT2D eigenvalue weighted by Crippen LogP contribution is -2.52. The average Bonchev–Trinajstić information content (AvgIpc) is 3.07. The van der Waals surface area contributed by atoms with E-state index in [4.69, 9.17) is 18.9 Å². The molecule has 26 heavy (non-hydrogen) atoms. The Bertz CT molecular complexity index is 908. The van der Waals surface area contributed by atoms with E-state index >= 15 is 0 Å². The molecule has 0 N–H and O–H groups in total. The van der Waals surface area contributed by atoms with Crippen molar-refractivity contribution in [2.75, 3.05) is 28.1 Å². The molecule has 3 aliphatic heterocycles. The quantitative estimate of drug-likeness (QED) is 0.611. The summed E-state index contributed by atoms with van der Waals surface area (Å²) < 4.78 is 21.7. The summed E-state index contributed by atoms with van der Waals surface area (Å²) in [5, 5.41) is 13.6. The topological polar surface area (TPSA) is 60.0 Å². The zero-order valence-corrected chi connectivity index (χ0v) is 15.1. The second-order valence-electron chi connectivity index (χ2n) is 7.31. The summed E-state index contributed by atoms with van der Waals surface area (Å²) in [6.45, 7) is 0.241. The minimum absolute atomic E-state index is 0.163. The van der Waals surface area contributed by atoms with Crippen LogP contribution in [0.2, 0.25) is 0 Å². The molecule has 6 heteroatoms. The third kappa shape index (κ3) is 2.00. The largest absolute Gasteiger partial charge is 0.632 e. The molecule has 0 spiro atoms. The molecule has 0 unspecified atom stereocenters. The van der Waals surface area contributed by atoms with Crippen LogP contribution in [0.4, 0.5) is 0 Å². The van der Waals surface area contributed by atoms with E-state index in [0.29, 0.717) is 24.3 Å². The number of benzene rings is 2. The molecule has 6 nitrogen and oxygen atoms in total. The lowest BCUT2D eigenvalue weighted by molar-refractivity contribution is -0.927. The maximum Gasteiger partial charge on any atom is 0.231 e. The minimum Gasteiger partial charge on any atom is -0.632 e. The Morgan fingerprint density at radius 1 is 0.885 bits per heavy atom. The van der Waals surface area contributed by atoms with Gasteiger partial charge in [-0.25, -0.2) is 0 Å². The number of ether oxygens (including phenoxy) is 4. The molecule has 2 aromatic rings. The summed E-state index contributed by atoms with van der Waals surface area (Å²) in [6.07, 6.45) is 1.34. The molecule has 0 aliphatic carbocycles. The molecule has 0 saturated heterocycles. The zero-order valence-electron chi connectivity index (χ0n) is 15.1. The first-order valence-corrected chi connectivity index (χ1v) is 8.77. The van der Waals surface area contributed by atoms with Crippen LogP contribution in [-0.4, -0.2) is 32.7 Å². The predicted octanol–water partition coefficient (Wildman–Crippen LogP) is 3.27. The maximum atomic E-state index is 13.6. The highest BCUT2D eigenvalue weighted by Gasteiger charge is 2.47. The molecule has 2 aromatic carbocycles. The Kier molecular flexibility index (Phi) is 3.21. The highest BCUT2D eigenvalue weighted by atomic mass is 16.7. The zero-order chi connectivity index (χ0) is 18.1. The third-order valence-corrected chi connectivity index (χ3v) is 6.06. The Morgan fingerprint density at radius 2 is 1.42 bits per heavy atom. The van der Waals surface area contributed by atoms with Crippen molar-refractivity contribution in [1.82, 2.24) is 0 Å². The van der Waals surface area contributed by atoms with Gasteiger partial charge in [0.1, 0.15) is 12.1 Å². The average molecular weight is 355 g/mol. The number of fused-ring (bicyclic) bond motifs is 7. The van der Waals surface area contributed by atoms with Gasteiger partial charge in [0.05, 0.1) is 21.3 Å². The standard InChI is InChI=1S/C20H21NO5/c1-21(22)15-5-12-7-19-20(26-10-25-19)9-14(12)16(21)4-11-6-17(23-2)18(24-3)8-13(11)15/h6-9,15-16H,4-5,10H2,1-3H3/t15-,16-,21+/m1/s1. The third-order valence-electron chi connectivity index (χ3n) is 6.06. The summed E-state index contributed by atoms with van der Waals surface area (Å²) in [5.74, 6) is 2.88. The highest BCUT2D eigenvalue weighted by molar-refractivity contribution is 5.54. The normalized spacial score (nSPS) is 27.5. The summed E-state index contributed by atoms with van der Waals surface area (Å²) >= 11 is 0. The molecule has 0 aromatic heterocycles. The molecule has 5 rings (SSSR count). The number of quaternary nitrogens is 1. The van der Waals surface area contributed by atoms with Gasteiger partial charge in [-0.2, -0.15) is 0 Å². The van der Waals surface area contributed by atoms with Gasteiger partial charge >= 0.3 is 0 Å². The van der Waals surface area contributed by atoms with Crippen molar-refractivity contribution in [3.05, 3.63) is 51.7 Å². The second-order valence-corrected chi connectivity index (χ2v) is 7.31. The molecular weight excluding hydrogens is 334 g/mol. The smallest absolute Gasteiger partial charge is 0.231 e. The lowest BCUT2D eigenvalue weighted by atomic mass is 9.76. The van der Waals surface area contributed by atoms with E-state index in [9.17, 15) is 5.21 Å². The molecular formula is C20H21NO5. The van der Waals surface area contributed by atoms with Crippen LogP contribution in [0.5, 0.6) is 23.0 Å². The van der Waals surface area contributed by atoms with Gasteiger partial charge in [0, 0.05) is 24.0 Å². The van der Waals surface area contributed by atoms with Crippen LogP contribution in [-0.2, 0) is 12.8 Å². The van der Waals surface area contributed by atoms with Gasteiger partial charge in [0.2, 0.25) is 6.79 Å². The Morgan fingerprint density at radius 3 is 2.08 bits per heavy atom. The molecule has 3 aliphatic rings. The van der Waals surface area contributed by atoms with E-state index < -0.39 is 0 Å². The van der Waals surface area contributed by atoms with Crippen LogP contribution in [0.1, 0.15) is 34.3 Å². The van der Waals surface area contributed by atoms with Crippen LogP contribution in [0.15, 0.2) is 24.3 Å². The van der Waals surface area contributed by atoms with Crippen LogP contribution in [0.3, 0.4) is 0 Å². The monoisotopic (exact) mass is 355 g/mol. The first kappa shape index (κ1) is 15.8. The molecule has 0 fully saturated rings. The fourth-order valence-electron chi connectivity index (χ4n) is 4.68. The van der Waals surface area contributed by atoms with Gasteiger partial charge in [-0.05, 0) is 35.4 Å². The van der Waals surface area contributed by atoms with Crippen molar-refractivity contribution in [3.63, 3.8) is 0 Å². The first-order chi connectivity index (χ1) is 12.5. The number of hydroxylamine groups is 3. The number of hydrogen-bond donors (Lipinski definition) is 0. The summed E-state index contributed by atoms with van der Waals surface area (Å²) in [6, 6.07) is 7.70. The maximum absolute atomic E-state index is 13.6. The second kappa shape index (κ2) is 5.28. The van der Waals surface area contributed by atoms with E-state index in [1.165, 1.54) is 5.56 Å². The predicted molar refractivity (Wildman–Crippen MR) is 94.6 cm³/mol. The Hall–Kier alpha value is -2.44. The van der Waals surface area contributed by atoms with Gasteiger partial charge in [0.25, 0.3) is 0 Å². The van der Waals surface area contributed by atoms with E-state index in [1.54, 1.807) is 21.3 Å². The number of methoxy groups -OCH3 is 2. The van der Waals surface area contributed by atoms with Gasteiger partial charge in [-0.1, -0.05) is 0 Å².